The summed E-state index contributed by atoms with van der Waals surface area (Å²) in [4.78, 5) is 4.02. The summed E-state index contributed by atoms with van der Waals surface area (Å²) in [6.07, 6.45) is 5.15. The zero-order valence-electron chi connectivity index (χ0n) is 10.2. The van der Waals surface area contributed by atoms with Crippen molar-refractivity contribution in [3.05, 3.63) is 28.7 Å². The Balaban J connectivity index is 2.24. The molecule has 0 amide bonds. The van der Waals surface area contributed by atoms with Crippen molar-refractivity contribution in [1.82, 2.24) is 10.6 Å². The van der Waals surface area contributed by atoms with Gasteiger partial charge in [0, 0.05) is 11.5 Å². The maximum atomic E-state index is 5.57. The average Bonchev–Trinajstić information content (AvgIpc) is 2.38. The van der Waals surface area contributed by atoms with E-state index in [1.807, 2.05) is 24.3 Å². The van der Waals surface area contributed by atoms with Crippen molar-refractivity contribution in [2.45, 2.75) is 0 Å². The third kappa shape index (κ3) is 5.60. The molecule has 0 aliphatic heterocycles. The summed E-state index contributed by atoms with van der Waals surface area (Å²) in [5.74, 6) is 3.99. The van der Waals surface area contributed by atoms with Gasteiger partial charge in [0.25, 0.3) is 0 Å². The highest BCUT2D eigenvalue weighted by molar-refractivity contribution is 9.10. The molecule has 96 valence electrons. The summed E-state index contributed by atoms with van der Waals surface area (Å²) in [6.45, 7) is 1.65. The van der Waals surface area contributed by atoms with Gasteiger partial charge in [-0.1, -0.05) is 27.9 Å². The lowest BCUT2D eigenvalue weighted by Crippen LogP contribution is -2.39. The number of ether oxygens (including phenoxy) is 1. The smallest absolute Gasteiger partial charge is 0.191 e. The molecule has 5 heteroatoms. The molecule has 0 atom stereocenters. The Morgan fingerprint density at radius 1 is 1.50 bits per heavy atom. The zero-order valence-corrected chi connectivity index (χ0v) is 11.8. The Morgan fingerprint density at radius 3 is 3.00 bits per heavy atom. The van der Waals surface area contributed by atoms with Crippen LogP contribution in [0.25, 0.3) is 0 Å². The summed E-state index contributed by atoms with van der Waals surface area (Å²) >= 11 is 3.39. The first-order chi connectivity index (χ1) is 8.76. The number of hydrogen-bond acceptors (Lipinski definition) is 2. The summed E-state index contributed by atoms with van der Waals surface area (Å²) in [6, 6.07) is 7.72. The second-order valence-electron chi connectivity index (χ2n) is 3.36. The standard InChI is InChI=1S/C13H16BrN3O/c1-3-7-16-13(15-2)17-8-9-18-12-6-4-5-11(14)10-12/h1,4-6,10H,7-9H2,2H3,(H2,15,16,17). The van der Waals surface area contributed by atoms with Gasteiger partial charge in [0.05, 0.1) is 13.1 Å². The molecule has 0 aliphatic carbocycles. The van der Waals surface area contributed by atoms with Crippen LogP contribution in [-0.4, -0.2) is 32.7 Å². The van der Waals surface area contributed by atoms with Crippen molar-refractivity contribution >= 4 is 21.9 Å². The topological polar surface area (TPSA) is 45.7 Å². The third-order valence-corrected chi connectivity index (χ3v) is 2.53. The lowest BCUT2D eigenvalue weighted by atomic mass is 10.3. The van der Waals surface area contributed by atoms with Crippen LogP contribution in [0, 0.1) is 12.3 Å². The van der Waals surface area contributed by atoms with E-state index in [-0.39, 0.29) is 0 Å². The number of guanidine groups is 1. The summed E-state index contributed by atoms with van der Waals surface area (Å²) in [5.41, 5.74) is 0. The first kappa shape index (κ1) is 14.4. The second-order valence-corrected chi connectivity index (χ2v) is 4.28. The highest BCUT2D eigenvalue weighted by Crippen LogP contribution is 2.17. The van der Waals surface area contributed by atoms with Crippen LogP contribution in [-0.2, 0) is 0 Å². The average molecular weight is 310 g/mol. The van der Waals surface area contributed by atoms with E-state index in [9.17, 15) is 0 Å². The SMILES string of the molecule is C#CCNC(=NC)NCCOc1cccc(Br)c1. The molecule has 1 aromatic carbocycles. The molecular weight excluding hydrogens is 294 g/mol. The van der Waals surface area contributed by atoms with Gasteiger partial charge in [-0.3, -0.25) is 4.99 Å². The second kappa shape index (κ2) is 8.43. The minimum Gasteiger partial charge on any atom is -0.492 e. The van der Waals surface area contributed by atoms with E-state index in [1.54, 1.807) is 7.05 Å². The molecule has 0 aliphatic rings. The monoisotopic (exact) mass is 309 g/mol. The number of aliphatic imine (C=N–C) groups is 1. The number of terminal acetylenes is 1. The van der Waals surface area contributed by atoms with Gasteiger partial charge in [0.15, 0.2) is 5.96 Å². The maximum Gasteiger partial charge on any atom is 0.191 e. The van der Waals surface area contributed by atoms with E-state index in [2.05, 4.69) is 37.5 Å². The van der Waals surface area contributed by atoms with Gasteiger partial charge < -0.3 is 15.4 Å². The van der Waals surface area contributed by atoms with Crippen molar-refractivity contribution in [3.63, 3.8) is 0 Å². The molecule has 2 N–H and O–H groups in total. The van der Waals surface area contributed by atoms with Crippen LogP contribution in [0.3, 0.4) is 0 Å². The fraction of sp³-hybridized carbons (Fsp3) is 0.308. The van der Waals surface area contributed by atoms with Gasteiger partial charge >= 0.3 is 0 Å². The Labute approximate surface area is 116 Å². The van der Waals surface area contributed by atoms with Gasteiger partial charge in [-0.2, -0.15) is 0 Å². The van der Waals surface area contributed by atoms with E-state index in [4.69, 9.17) is 11.2 Å². The molecule has 1 aromatic rings. The van der Waals surface area contributed by atoms with E-state index >= 15 is 0 Å². The van der Waals surface area contributed by atoms with Gasteiger partial charge in [0.1, 0.15) is 12.4 Å². The Morgan fingerprint density at radius 2 is 2.33 bits per heavy atom. The molecule has 0 unspecified atom stereocenters. The molecule has 0 saturated heterocycles. The Bertz CT molecular complexity index is 440. The van der Waals surface area contributed by atoms with Crippen molar-refractivity contribution in [1.29, 1.82) is 0 Å². The Kier molecular flexibility index (Phi) is 6.74. The molecular formula is C13H16BrN3O. The molecule has 4 nitrogen and oxygen atoms in total. The van der Waals surface area contributed by atoms with Gasteiger partial charge in [-0.15, -0.1) is 6.42 Å². The summed E-state index contributed by atoms with van der Waals surface area (Å²) in [5, 5.41) is 6.06. The van der Waals surface area contributed by atoms with Crippen LogP contribution in [0.1, 0.15) is 0 Å². The molecule has 0 spiro atoms. The molecule has 0 heterocycles. The number of rotatable bonds is 5. The van der Waals surface area contributed by atoms with Crippen LogP contribution in [0.2, 0.25) is 0 Å². The number of nitrogens with zero attached hydrogens (tertiary/aromatic N) is 1. The summed E-state index contributed by atoms with van der Waals surface area (Å²) in [7, 11) is 1.70. The molecule has 1 rings (SSSR count). The van der Waals surface area contributed by atoms with Gasteiger partial charge in [-0.05, 0) is 18.2 Å². The van der Waals surface area contributed by atoms with E-state index in [0.717, 1.165) is 10.2 Å². The van der Waals surface area contributed by atoms with Crippen molar-refractivity contribution in [2.75, 3.05) is 26.7 Å². The lowest BCUT2D eigenvalue weighted by Gasteiger charge is -2.11. The Hall–Kier alpha value is -1.67. The first-order valence-corrected chi connectivity index (χ1v) is 6.32. The highest BCUT2D eigenvalue weighted by Gasteiger charge is 1.97. The molecule has 18 heavy (non-hydrogen) atoms. The quantitative estimate of drug-likeness (QED) is 0.376. The normalized spacial score (nSPS) is 10.6. The lowest BCUT2D eigenvalue weighted by molar-refractivity contribution is 0.322. The van der Waals surface area contributed by atoms with Crippen molar-refractivity contribution < 1.29 is 4.74 Å². The minimum absolute atomic E-state index is 0.451. The fourth-order valence-corrected chi connectivity index (χ4v) is 1.63. The number of hydrogen-bond donors (Lipinski definition) is 2. The molecule has 0 saturated carbocycles. The van der Waals surface area contributed by atoms with Crippen LogP contribution < -0.4 is 15.4 Å². The third-order valence-electron chi connectivity index (χ3n) is 2.04. The predicted molar refractivity (Wildman–Crippen MR) is 77.8 cm³/mol. The zero-order chi connectivity index (χ0) is 13.2. The van der Waals surface area contributed by atoms with E-state index in [0.29, 0.717) is 25.7 Å². The highest BCUT2D eigenvalue weighted by atomic mass is 79.9. The maximum absolute atomic E-state index is 5.57. The number of benzene rings is 1. The van der Waals surface area contributed by atoms with Crippen LogP contribution in [0.15, 0.2) is 33.7 Å². The van der Waals surface area contributed by atoms with E-state index in [1.165, 1.54) is 0 Å². The van der Waals surface area contributed by atoms with Crippen molar-refractivity contribution in [2.24, 2.45) is 4.99 Å². The van der Waals surface area contributed by atoms with Gasteiger partial charge in [-0.25, -0.2) is 0 Å². The van der Waals surface area contributed by atoms with E-state index < -0.39 is 0 Å². The van der Waals surface area contributed by atoms with Gasteiger partial charge in [0.2, 0.25) is 0 Å². The van der Waals surface area contributed by atoms with Crippen LogP contribution in [0.4, 0.5) is 0 Å². The van der Waals surface area contributed by atoms with Crippen molar-refractivity contribution in [3.8, 4) is 18.1 Å². The van der Waals surface area contributed by atoms with Crippen LogP contribution in [0.5, 0.6) is 5.75 Å². The largest absolute Gasteiger partial charge is 0.492 e. The molecule has 0 radical (unpaired) electrons. The fourth-order valence-electron chi connectivity index (χ4n) is 1.25. The predicted octanol–water partition coefficient (Wildman–Crippen LogP) is 1.63. The number of halogens is 1. The van der Waals surface area contributed by atoms with Crippen LogP contribution >= 0.6 is 15.9 Å². The number of nitrogens with one attached hydrogen (secondary N) is 2. The molecule has 0 bridgehead atoms. The molecule has 0 fully saturated rings. The first-order valence-electron chi connectivity index (χ1n) is 5.52. The minimum atomic E-state index is 0.451. The molecule has 0 aromatic heterocycles. The summed E-state index contributed by atoms with van der Waals surface area (Å²) < 4.78 is 6.57.